The molecule has 0 bridgehead atoms. The number of hydrogen-bond donors (Lipinski definition) is 1. The van der Waals surface area contributed by atoms with Crippen molar-refractivity contribution in [3.05, 3.63) is 42.1 Å². The molecule has 0 saturated carbocycles. The fourth-order valence-electron chi connectivity index (χ4n) is 1.61. The van der Waals surface area contributed by atoms with Crippen molar-refractivity contribution in [2.75, 3.05) is 6.54 Å². The molecule has 2 rings (SSSR count). The fourth-order valence-corrected chi connectivity index (χ4v) is 1.79. The number of aromatic nitrogens is 2. The highest BCUT2D eigenvalue weighted by atomic mass is 35.5. The predicted molar refractivity (Wildman–Crippen MR) is 71.0 cm³/mol. The van der Waals surface area contributed by atoms with Gasteiger partial charge in [0.15, 0.2) is 0 Å². The van der Waals surface area contributed by atoms with Crippen LogP contribution < -0.4 is 5.73 Å². The number of nitrogens with two attached hydrogens (primary N) is 1. The molecule has 0 spiro atoms. The van der Waals surface area contributed by atoms with Crippen molar-refractivity contribution in [3.8, 4) is 11.3 Å². The Bertz CT molecular complexity index is 476. The number of hydrogen-bond acceptors (Lipinski definition) is 2. The summed E-state index contributed by atoms with van der Waals surface area (Å²) in [5.74, 6) is 0.541. The van der Waals surface area contributed by atoms with Crippen LogP contribution in [0.5, 0.6) is 0 Å². The van der Waals surface area contributed by atoms with E-state index in [0.29, 0.717) is 12.4 Å². The predicted octanol–water partition coefficient (Wildman–Crippen LogP) is 2.81. The number of nitrogens with zero attached hydrogens (tertiary/aromatic N) is 2. The number of halogens is 1. The van der Waals surface area contributed by atoms with E-state index in [0.717, 1.165) is 16.8 Å². The summed E-state index contributed by atoms with van der Waals surface area (Å²) < 4.78 is 1.89. The van der Waals surface area contributed by atoms with Gasteiger partial charge in [0.2, 0.25) is 0 Å². The van der Waals surface area contributed by atoms with Crippen molar-refractivity contribution in [2.24, 2.45) is 5.73 Å². The lowest BCUT2D eigenvalue weighted by Crippen LogP contribution is -2.16. The Morgan fingerprint density at radius 1 is 1.29 bits per heavy atom. The van der Waals surface area contributed by atoms with Gasteiger partial charge in [-0.15, -0.1) is 11.6 Å². The molecule has 17 heavy (non-hydrogen) atoms. The minimum absolute atomic E-state index is 0.228. The van der Waals surface area contributed by atoms with Gasteiger partial charge in [0.05, 0.1) is 11.7 Å². The van der Waals surface area contributed by atoms with Gasteiger partial charge in [-0.05, 0) is 18.6 Å². The van der Waals surface area contributed by atoms with Gasteiger partial charge in [-0.3, -0.25) is 4.68 Å². The lowest BCUT2D eigenvalue weighted by molar-refractivity contribution is 0.502. The molecule has 0 aliphatic rings. The largest absolute Gasteiger partial charge is 0.328 e. The molecule has 90 valence electrons. The van der Waals surface area contributed by atoms with Gasteiger partial charge in [-0.2, -0.15) is 5.10 Å². The monoisotopic (exact) mass is 249 g/mol. The minimum Gasteiger partial charge on any atom is -0.328 e. The molecule has 3 nitrogen and oxygen atoms in total. The first-order chi connectivity index (χ1) is 8.24. The van der Waals surface area contributed by atoms with Gasteiger partial charge >= 0.3 is 0 Å². The smallest absolute Gasteiger partial charge is 0.0923 e. The molecule has 0 aliphatic carbocycles. The first-order valence-corrected chi connectivity index (χ1v) is 6.18. The van der Waals surface area contributed by atoms with E-state index in [-0.39, 0.29) is 6.04 Å². The van der Waals surface area contributed by atoms with Crippen LogP contribution in [0.1, 0.15) is 18.5 Å². The topological polar surface area (TPSA) is 43.8 Å². The average Bonchev–Trinajstić information content (AvgIpc) is 2.87. The van der Waals surface area contributed by atoms with Gasteiger partial charge in [-0.1, -0.05) is 24.3 Å². The van der Waals surface area contributed by atoms with E-state index < -0.39 is 0 Å². The summed E-state index contributed by atoms with van der Waals surface area (Å²) in [6.07, 6.45) is 1.96. The van der Waals surface area contributed by atoms with Crippen LogP contribution in [0.25, 0.3) is 11.3 Å². The molecule has 1 aromatic heterocycles. The van der Waals surface area contributed by atoms with Crippen molar-refractivity contribution in [1.29, 1.82) is 0 Å². The van der Waals surface area contributed by atoms with E-state index in [4.69, 9.17) is 17.3 Å². The molecule has 0 aliphatic heterocycles. The molecule has 0 radical (unpaired) electrons. The number of rotatable bonds is 4. The zero-order valence-electron chi connectivity index (χ0n) is 9.81. The molecule has 1 atom stereocenters. The van der Waals surface area contributed by atoms with Crippen molar-refractivity contribution in [2.45, 2.75) is 18.8 Å². The summed E-state index contributed by atoms with van der Waals surface area (Å²) in [7, 11) is 0. The Morgan fingerprint density at radius 3 is 2.59 bits per heavy atom. The second-order valence-electron chi connectivity index (χ2n) is 4.10. The van der Waals surface area contributed by atoms with E-state index >= 15 is 0 Å². The summed E-state index contributed by atoms with van der Waals surface area (Å²) in [6.45, 7) is 2.64. The summed E-state index contributed by atoms with van der Waals surface area (Å²) in [5, 5.41) is 4.51. The van der Waals surface area contributed by atoms with Crippen LogP contribution in [0.4, 0.5) is 0 Å². The Morgan fingerprint density at radius 2 is 2.00 bits per heavy atom. The quantitative estimate of drug-likeness (QED) is 0.847. The first kappa shape index (κ1) is 12.1. The SMILES string of the molecule is C[C@@H](CN)n1ccc(-c2ccc(CCl)cc2)n1. The zero-order valence-corrected chi connectivity index (χ0v) is 10.6. The maximum atomic E-state index is 5.76. The lowest BCUT2D eigenvalue weighted by Gasteiger charge is -2.08. The summed E-state index contributed by atoms with van der Waals surface area (Å²) >= 11 is 5.76. The van der Waals surface area contributed by atoms with Gasteiger partial charge in [0, 0.05) is 24.2 Å². The van der Waals surface area contributed by atoms with Crippen LogP contribution in [0.3, 0.4) is 0 Å². The van der Waals surface area contributed by atoms with E-state index in [1.165, 1.54) is 0 Å². The van der Waals surface area contributed by atoms with Crippen molar-refractivity contribution in [1.82, 2.24) is 9.78 Å². The molecule has 4 heteroatoms. The molecular weight excluding hydrogens is 234 g/mol. The summed E-state index contributed by atoms with van der Waals surface area (Å²) in [6, 6.07) is 10.4. The normalized spacial score (nSPS) is 12.6. The number of benzene rings is 1. The molecule has 2 N–H and O–H groups in total. The maximum Gasteiger partial charge on any atom is 0.0923 e. The van der Waals surface area contributed by atoms with E-state index in [2.05, 4.69) is 5.10 Å². The third-order valence-electron chi connectivity index (χ3n) is 2.81. The van der Waals surface area contributed by atoms with Gasteiger partial charge < -0.3 is 5.73 Å². The molecule has 0 unspecified atom stereocenters. The second-order valence-corrected chi connectivity index (χ2v) is 4.36. The standard InChI is InChI=1S/C13H16ClN3/c1-10(9-15)17-7-6-13(16-17)12-4-2-11(8-14)3-5-12/h2-7,10H,8-9,15H2,1H3/t10-/m0/s1. The van der Waals surface area contributed by atoms with Gasteiger partial charge in [0.1, 0.15) is 0 Å². The highest BCUT2D eigenvalue weighted by Crippen LogP contribution is 2.19. The van der Waals surface area contributed by atoms with E-state index in [9.17, 15) is 0 Å². The molecular formula is C13H16ClN3. The highest BCUT2D eigenvalue weighted by molar-refractivity contribution is 6.17. The van der Waals surface area contributed by atoms with Crippen LogP contribution in [-0.4, -0.2) is 16.3 Å². The summed E-state index contributed by atoms with van der Waals surface area (Å²) in [4.78, 5) is 0. The van der Waals surface area contributed by atoms with Crippen molar-refractivity contribution in [3.63, 3.8) is 0 Å². The van der Waals surface area contributed by atoms with Crippen LogP contribution in [0.2, 0.25) is 0 Å². The van der Waals surface area contributed by atoms with Crippen LogP contribution in [0, 0.1) is 0 Å². The van der Waals surface area contributed by atoms with Gasteiger partial charge in [-0.25, -0.2) is 0 Å². The van der Waals surface area contributed by atoms with Crippen LogP contribution in [0.15, 0.2) is 36.5 Å². The lowest BCUT2D eigenvalue weighted by atomic mass is 10.1. The molecule has 0 saturated heterocycles. The third-order valence-corrected chi connectivity index (χ3v) is 3.11. The van der Waals surface area contributed by atoms with Crippen molar-refractivity contribution >= 4 is 11.6 Å². The summed E-state index contributed by atoms with van der Waals surface area (Å²) in [5.41, 5.74) is 8.79. The van der Waals surface area contributed by atoms with E-state index in [1.807, 2.05) is 48.1 Å². The number of alkyl halides is 1. The van der Waals surface area contributed by atoms with E-state index in [1.54, 1.807) is 0 Å². The highest BCUT2D eigenvalue weighted by Gasteiger charge is 2.06. The Balaban J connectivity index is 2.24. The van der Waals surface area contributed by atoms with Crippen LogP contribution >= 0.6 is 11.6 Å². The zero-order chi connectivity index (χ0) is 12.3. The Hall–Kier alpha value is -1.32. The molecule has 2 aromatic rings. The van der Waals surface area contributed by atoms with Crippen molar-refractivity contribution < 1.29 is 0 Å². The maximum absolute atomic E-state index is 5.76. The third kappa shape index (κ3) is 2.68. The van der Waals surface area contributed by atoms with Gasteiger partial charge in [0.25, 0.3) is 0 Å². The molecule has 0 fully saturated rings. The second kappa shape index (κ2) is 5.34. The molecule has 1 heterocycles. The fraction of sp³-hybridized carbons (Fsp3) is 0.308. The molecule has 0 amide bonds. The average molecular weight is 250 g/mol. The first-order valence-electron chi connectivity index (χ1n) is 5.65. The van der Waals surface area contributed by atoms with Crippen LogP contribution in [-0.2, 0) is 5.88 Å². The Labute approximate surface area is 106 Å². The molecule has 1 aromatic carbocycles. The Kier molecular flexibility index (Phi) is 3.82. The minimum atomic E-state index is 0.228.